The molecule has 0 aliphatic rings. The molecule has 3 aromatic carbocycles. The number of para-hydroxylation sites is 2. The number of nitrogens with zero attached hydrogens (tertiary/aromatic N) is 1. The van der Waals surface area contributed by atoms with E-state index in [0.29, 0.717) is 18.0 Å². The molecule has 3 rings (SSSR count). The van der Waals surface area contributed by atoms with Crippen LogP contribution in [0, 0.1) is 0 Å². The van der Waals surface area contributed by atoms with Gasteiger partial charge in [-0.1, -0.05) is 36.4 Å². The number of fused-ring (bicyclic) bond motifs is 1. The number of methoxy groups -OCH3 is 1. The second kappa shape index (κ2) is 10.8. The number of amides is 2. The smallest absolute Gasteiger partial charge is 0.240 e. The molecule has 0 fully saturated rings. The van der Waals surface area contributed by atoms with Crippen LogP contribution in [0.3, 0.4) is 0 Å². The van der Waals surface area contributed by atoms with Crippen molar-refractivity contribution >= 4 is 34.5 Å². The van der Waals surface area contributed by atoms with Crippen LogP contribution in [0.5, 0.6) is 11.5 Å². The number of carbonyl (C=O) groups is 2. The largest absolute Gasteiger partial charge is 0.495 e. The zero-order valence-corrected chi connectivity index (χ0v) is 17.6. The van der Waals surface area contributed by atoms with Crippen molar-refractivity contribution in [3.8, 4) is 11.5 Å². The van der Waals surface area contributed by atoms with Crippen molar-refractivity contribution in [2.45, 2.75) is 19.8 Å². The highest BCUT2D eigenvalue weighted by molar-refractivity contribution is 6.02. The average Bonchev–Trinajstić information content (AvgIpc) is 2.79. The molecule has 0 bridgehead atoms. The van der Waals surface area contributed by atoms with Gasteiger partial charge in [-0.2, -0.15) is 5.10 Å². The van der Waals surface area contributed by atoms with Gasteiger partial charge in [-0.05, 0) is 36.6 Å². The molecule has 7 heteroatoms. The highest BCUT2D eigenvalue weighted by Gasteiger charge is 2.10. The van der Waals surface area contributed by atoms with Crippen LogP contribution in [-0.4, -0.2) is 31.7 Å². The molecule has 0 atom stereocenters. The van der Waals surface area contributed by atoms with Crippen LogP contribution in [0.2, 0.25) is 0 Å². The zero-order valence-electron chi connectivity index (χ0n) is 17.6. The zero-order chi connectivity index (χ0) is 22.1. The quantitative estimate of drug-likeness (QED) is 0.403. The molecule has 31 heavy (non-hydrogen) atoms. The minimum atomic E-state index is -0.346. The number of anilines is 1. The third kappa shape index (κ3) is 5.82. The van der Waals surface area contributed by atoms with Gasteiger partial charge >= 0.3 is 0 Å². The first-order chi connectivity index (χ1) is 15.1. The summed E-state index contributed by atoms with van der Waals surface area (Å²) in [6.07, 6.45) is 1.64. The van der Waals surface area contributed by atoms with E-state index in [0.717, 1.165) is 22.1 Å². The van der Waals surface area contributed by atoms with Gasteiger partial charge in [0.25, 0.3) is 0 Å². The number of carbonyl (C=O) groups excluding carboxylic acids is 2. The first-order valence-corrected chi connectivity index (χ1v) is 10.0. The molecule has 0 saturated heterocycles. The number of nitrogens with one attached hydrogen (secondary N) is 2. The Bertz CT molecular complexity index is 1100. The van der Waals surface area contributed by atoms with Crippen LogP contribution in [0.25, 0.3) is 10.8 Å². The Kier molecular flexibility index (Phi) is 7.59. The van der Waals surface area contributed by atoms with Crippen LogP contribution in [0.1, 0.15) is 25.3 Å². The summed E-state index contributed by atoms with van der Waals surface area (Å²) in [5.41, 5.74) is 3.89. The van der Waals surface area contributed by atoms with E-state index in [-0.39, 0.29) is 24.7 Å². The lowest BCUT2D eigenvalue weighted by Crippen LogP contribution is -2.20. The predicted octanol–water partition coefficient (Wildman–Crippen LogP) is 4.12. The highest BCUT2D eigenvalue weighted by Crippen LogP contribution is 2.28. The van der Waals surface area contributed by atoms with E-state index in [1.54, 1.807) is 24.4 Å². The fourth-order valence-corrected chi connectivity index (χ4v) is 3.11. The van der Waals surface area contributed by atoms with Gasteiger partial charge in [0, 0.05) is 23.8 Å². The van der Waals surface area contributed by atoms with Gasteiger partial charge in [-0.25, -0.2) is 5.43 Å². The van der Waals surface area contributed by atoms with Crippen molar-refractivity contribution in [1.29, 1.82) is 0 Å². The van der Waals surface area contributed by atoms with Gasteiger partial charge in [0.05, 0.1) is 25.6 Å². The van der Waals surface area contributed by atoms with Gasteiger partial charge in [0.15, 0.2) is 0 Å². The summed E-state index contributed by atoms with van der Waals surface area (Å²) < 4.78 is 10.9. The molecule has 0 aromatic heterocycles. The molecule has 0 heterocycles. The molecule has 0 saturated carbocycles. The fourth-order valence-electron chi connectivity index (χ4n) is 3.11. The number of rotatable bonds is 9. The molecular formula is C24H25N3O4. The van der Waals surface area contributed by atoms with Crippen molar-refractivity contribution < 1.29 is 19.1 Å². The Morgan fingerprint density at radius 2 is 1.61 bits per heavy atom. The molecule has 0 radical (unpaired) electrons. The van der Waals surface area contributed by atoms with Crippen LogP contribution in [0.4, 0.5) is 5.69 Å². The van der Waals surface area contributed by atoms with Gasteiger partial charge < -0.3 is 14.8 Å². The van der Waals surface area contributed by atoms with Gasteiger partial charge in [0.1, 0.15) is 11.5 Å². The standard InChI is InChI=1S/C24H25N3O4/c1-3-31-21-13-12-17(18-8-4-5-9-19(18)21)16-25-27-24(29)15-14-23(28)26-20-10-6-7-11-22(20)30-2/h4-13,16H,3,14-15H2,1-2H3,(H,26,28)(H,27,29). The van der Waals surface area contributed by atoms with Gasteiger partial charge in [-0.15, -0.1) is 0 Å². The van der Waals surface area contributed by atoms with Crippen LogP contribution < -0.4 is 20.2 Å². The second-order valence-electron chi connectivity index (χ2n) is 6.67. The number of hydrogen-bond acceptors (Lipinski definition) is 5. The number of hydrogen-bond donors (Lipinski definition) is 2. The monoisotopic (exact) mass is 419 g/mol. The van der Waals surface area contributed by atoms with E-state index in [1.165, 1.54) is 7.11 Å². The molecule has 0 unspecified atom stereocenters. The van der Waals surface area contributed by atoms with Gasteiger partial charge in [-0.3, -0.25) is 9.59 Å². The minimum absolute atomic E-state index is 0.0162. The first kappa shape index (κ1) is 21.8. The molecule has 0 spiro atoms. The third-order valence-electron chi connectivity index (χ3n) is 4.57. The maximum absolute atomic E-state index is 12.1. The van der Waals surface area contributed by atoms with Crippen molar-refractivity contribution in [3.63, 3.8) is 0 Å². The van der Waals surface area contributed by atoms with E-state index < -0.39 is 0 Å². The second-order valence-corrected chi connectivity index (χ2v) is 6.67. The van der Waals surface area contributed by atoms with Crippen LogP contribution in [-0.2, 0) is 9.59 Å². The molecule has 7 nitrogen and oxygen atoms in total. The molecule has 2 amide bonds. The predicted molar refractivity (Wildman–Crippen MR) is 122 cm³/mol. The maximum atomic E-state index is 12.1. The summed E-state index contributed by atoms with van der Waals surface area (Å²) in [7, 11) is 1.53. The number of ether oxygens (including phenoxy) is 2. The molecule has 2 N–H and O–H groups in total. The van der Waals surface area contributed by atoms with Crippen LogP contribution >= 0.6 is 0 Å². The Labute approximate surface area is 181 Å². The number of hydrazone groups is 1. The molecule has 0 aliphatic heterocycles. The summed E-state index contributed by atoms with van der Waals surface area (Å²) in [6.45, 7) is 2.52. The van der Waals surface area contributed by atoms with Crippen LogP contribution in [0.15, 0.2) is 65.8 Å². The van der Waals surface area contributed by atoms with Crippen molar-refractivity contribution in [3.05, 3.63) is 66.2 Å². The van der Waals surface area contributed by atoms with E-state index in [9.17, 15) is 9.59 Å². The normalized spacial score (nSPS) is 10.8. The maximum Gasteiger partial charge on any atom is 0.240 e. The summed E-state index contributed by atoms with van der Waals surface area (Å²) >= 11 is 0. The molecule has 3 aromatic rings. The van der Waals surface area contributed by atoms with Crippen molar-refractivity contribution in [2.24, 2.45) is 5.10 Å². The summed E-state index contributed by atoms with van der Waals surface area (Å²) in [5.74, 6) is 0.746. The lowest BCUT2D eigenvalue weighted by molar-refractivity contribution is -0.124. The summed E-state index contributed by atoms with van der Waals surface area (Å²) in [6, 6.07) is 18.7. The summed E-state index contributed by atoms with van der Waals surface area (Å²) in [5, 5.41) is 8.73. The Balaban J connectivity index is 1.55. The Morgan fingerprint density at radius 3 is 2.39 bits per heavy atom. The first-order valence-electron chi connectivity index (χ1n) is 10.0. The summed E-state index contributed by atoms with van der Waals surface area (Å²) in [4.78, 5) is 24.2. The lowest BCUT2D eigenvalue weighted by atomic mass is 10.0. The van der Waals surface area contributed by atoms with E-state index in [4.69, 9.17) is 9.47 Å². The highest BCUT2D eigenvalue weighted by atomic mass is 16.5. The fraction of sp³-hybridized carbons (Fsp3) is 0.208. The Hall–Kier alpha value is -3.87. The van der Waals surface area contributed by atoms with E-state index >= 15 is 0 Å². The lowest BCUT2D eigenvalue weighted by Gasteiger charge is -2.09. The van der Waals surface area contributed by atoms with Crippen molar-refractivity contribution in [2.75, 3.05) is 19.0 Å². The van der Waals surface area contributed by atoms with E-state index in [2.05, 4.69) is 15.8 Å². The molecule has 160 valence electrons. The molecule has 0 aliphatic carbocycles. The minimum Gasteiger partial charge on any atom is -0.495 e. The molecular weight excluding hydrogens is 394 g/mol. The Morgan fingerprint density at radius 1 is 0.903 bits per heavy atom. The number of benzene rings is 3. The average molecular weight is 419 g/mol. The third-order valence-corrected chi connectivity index (χ3v) is 4.57. The van der Waals surface area contributed by atoms with E-state index in [1.807, 2.05) is 49.4 Å². The SMILES string of the molecule is CCOc1ccc(C=NNC(=O)CCC(=O)Nc2ccccc2OC)c2ccccc12. The topological polar surface area (TPSA) is 89.0 Å². The van der Waals surface area contributed by atoms with Gasteiger partial charge in [0.2, 0.25) is 11.8 Å². The van der Waals surface area contributed by atoms with Crippen molar-refractivity contribution in [1.82, 2.24) is 5.43 Å².